The number of carbonyl (C=O) groups excluding carboxylic acids is 1. The Morgan fingerprint density at radius 2 is 1.96 bits per heavy atom. The zero-order valence-corrected chi connectivity index (χ0v) is 15.8. The first kappa shape index (κ1) is 17.5. The minimum Gasteiger partial charge on any atom is -0.325 e. The van der Waals surface area contributed by atoms with Crippen molar-refractivity contribution in [3.8, 4) is 0 Å². The number of aryl methyl sites for hydroxylation is 2. The number of benzene rings is 1. The highest BCUT2D eigenvalue weighted by Gasteiger charge is 2.39. The van der Waals surface area contributed by atoms with Gasteiger partial charge in [0, 0.05) is 12.2 Å². The topological polar surface area (TPSA) is 93.1 Å². The Hall–Kier alpha value is -2.35. The number of sulfonamides is 1. The molecule has 0 saturated heterocycles. The summed E-state index contributed by atoms with van der Waals surface area (Å²) in [4.78, 5) is 12.2. The first-order chi connectivity index (χ1) is 11.6. The summed E-state index contributed by atoms with van der Waals surface area (Å²) in [6, 6.07) is 4.69. The van der Waals surface area contributed by atoms with Gasteiger partial charge >= 0.3 is 0 Å². The van der Waals surface area contributed by atoms with Crippen LogP contribution in [0.15, 0.2) is 23.1 Å². The van der Waals surface area contributed by atoms with Crippen LogP contribution in [-0.2, 0) is 26.8 Å². The Morgan fingerprint density at radius 3 is 2.56 bits per heavy atom. The van der Waals surface area contributed by atoms with Crippen molar-refractivity contribution in [2.24, 2.45) is 0 Å². The fourth-order valence-electron chi connectivity index (χ4n) is 3.06. The average molecular weight is 362 g/mol. The third-order valence-electron chi connectivity index (χ3n) is 4.71. The van der Waals surface area contributed by atoms with Crippen molar-refractivity contribution < 1.29 is 13.2 Å². The first-order valence-electron chi connectivity index (χ1n) is 8.10. The highest BCUT2D eigenvalue weighted by Crippen LogP contribution is 2.38. The third kappa shape index (κ3) is 2.70. The normalized spacial score (nSPS) is 15.8. The molecular formula is C17H22N4O3S. The van der Waals surface area contributed by atoms with Gasteiger partial charge in [-0.2, -0.15) is 5.10 Å². The van der Waals surface area contributed by atoms with Gasteiger partial charge in [0.25, 0.3) is 10.0 Å². The van der Waals surface area contributed by atoms with Crippen LogP contribution in [0.1, 0.15) is 37.7 Å². The highest BCUT2D eigenvalue weighted by atomic mass is 32.2. The summed E-state index contributed by atoms with van der Waals surface area (Å²) in [6.07, 6.45) is 0. The molecule has 0 bridgehead atoms. The Labute approximate surface area is 147 Å². The summed E-state index contributed by atoms with van der Waals surface area (Å²) in [7, 11) is -3.78. The molecule has 1 aromatic heterocycles. The maximum atomic E-state index is 12.8. The van der Waals surface area contributed by atoms with Gasteiger partial charge in [-0.05, 0) is 58.4 Å². The average Bonchev–Trinajstić information content (AvgIpc) is 2.94. The SMILES string of the molecule is CCn1nc(C)c(NS(=O)(=O)c2ccc3c(c2)C(C)(C)C(=O)N3)c1C. The van der Waals surface area contributed by atoms with Crippen LogP contribution in [-0.4, -0.2) is 24.1 Å². The van der Waals surface area contributed by atoms with Gasteiger partial charge in [0.1, 0.15) is 0 Å². The van der Waals surface area contributed by atoms with Crippen molar-refractivity contribution in [1.82, 2.24) is 9.78 Å². The lowest BCUT2D eigenvalue weighted by Crippen LogP contribution is -2.27. The molecule has 7 nitrogen and oxygen atoms in total. The Morgan fingerprint density at radius 1 is 1.28 bits per heavy atom. The van der Waals surface area contributed by atoms with E-state index in [1.165, 1.54) is 6.07 Å². The lowest BCUT2D eigenvalue weighted by Gasteiger charge is -2.16. The van der Waals surface area contributed by atoms with Gasteiger partial charge in [-0.15, -0.1) is 0 Å². The lowest BCUT2D eigenvalue weighted by molar-refractivity contribution is -0.119. The van der Waals surface area contributed by atoms with Crippen LogP contribution in [0.5, 0.6) is 0 Å². The lowest BCUT2D eigenvalue weighted by atomic mass is 9.86. The van der Waals surface area contributed by atoms with Crippen LogP contribution in [0.25, 0.3) is 0 Å². The molecule has 134 valence electrons. The van der Waals surface area contributed by atoms with Crippen molar-refractivity contribution >= 4 is 27.3 Å². The fraction of sp³-hybridized carbons (Fsp3) is 0.412. The van der Waals surface area contributed by atoms with E-state index < -0.39 is 15.4 Å². The maximum absolute atomic E-state index is 12.8. The van der Waals surface area contributed by atoms with E-state index in [4.69, 9.17) is 0 Å². The summed E-state index contributed by atoms with van der Waals surface area (Å²) >= 11 is 0. The Kier molecular flexibility index (Phi) is 3.90. The Balaban J connectivity index is 2.02. The van der Waals surface area contributed by atoms with Crippen LogP contribution < -0.4 is 10.0 Å². The molecular weight excluding hydrogens is 340 g/mol. The molecule has 2 aromatic rings. The van der Waals surface area contributed by atoms with Crippen molar-refractivity contribution in [3.63, 3.8) is 0 Å². The smallest absolute Gasteiger partial charge is 0.262 e. The second-order valence-electron chi connectivity index (χ2n) is 6.75. The van der Waals surface area contributed by atoms with E-state index in [1.807, 2.05) is 13.8 Å². The minimum absolute atomic E-state index is 0.124. The van der Waals surface area contributed by atoms with Crippen LogP contribution in [0.2, 0.25) is 0 Å². The minimum atomic E-state index is -3.78. The molecule has 0 fully saturated rings. The summed E-state index contributed by atoms with van der Waals surface area (Å²) in [6.45, 7) is 9.76. The molecule has 1 amide bonds. The third-order valence-corrected chi connectivity index (χ3v) is 6.06. The standard InChI is InChI=1S/C17H22N4O3S/c1-6-21-11(3)15(10(2)19-21)20-25(23,24)12-7-8-14-13(9-12)17(4,5)16(22)18-14/h7-9,20H,6H2,1-5H3,(H,18,22). The van der Waals surface area contributed by atoms with Crippen molar-refractivity contribution in [1.29, 1.82) is 0 Å². The molecule has 0 radical (unpaired) electrons. The van der Waals surface area contributed by atoms with Gasteiger partial charge in [0.15, 0.2) is 0 Å². The van der Waals surface area contributed by atoms with Crippen LogP contribution in [0.4, 0.5) is 11.4 Å². The fourth-order valence-corrected chi connectivity index (χ4v) is 4.27. The van der Waals surface area contributed by atoms with Crippen molar-refractivity contribution in [3.05, 3.63) is 35.2 Å². The van der Waals surface area contributed by atoms with Crippen LogP contribution >= 0.6 is 0 Å². The van der Waals surface area contributed by atoms with E-state index in [1.54, 1.807) is 37.6 Å². The van der Waals surface area contributed by atoms with E-state index in [0.29, 0.717) is 29.2 Å². The van der Waals surface area contributed by atoms with Gasteiger partial charge in [0.2, 0.25) is 5.91 Å². The van der Waals surface area contributed by atoms with Gasteiger partial charge in [0.05, 0.1) is 27.4 Å². The second kappa shape index (κ2) is 5.59. The van der Waals surface area contributed by atoms with Crippen LogP contribution in [0, 0.1) is 13.8 Å². The number of anilines is 2. The maximum Gasteiger partial charge on any atom is 0.262 e. The molecule has 0 aliphatic carbocycles. The molecule has 0 atom stereocenters. The van der Waals surface area contributed by atoms with E-state index >= 15 is 0 Å². The molecule has 0 unspecified atom stereocenters. The number of rotatable bonds is 4. The number of carbonyl (C=O) groups is 1. The van der Waals surface area contributed by atoms with Crippen molar-refractivity contribution in [2.75, 3.05) is 10.0 Å². The monoisotopic (exact) mass is 362 g/mol. The molecule has 0 saturated carbocycles. The molecule has 0 spiro atoms. The number of amides is 1. The highest BCUT2D eigenvalue weighted by molar-refractivity contribution is 7.92. The zero-order valence-electron chi connectivity index (χ0n) is 15.0. The molecule has 1 aliphatic rings. The first-order valence-corrected chi connectivity index (χ1v) is 9.59. The van der Waals surface area contributed by atoms with Gasteiger partial charge in [-0.25, -0.2) is 8.42 Å². The largest absolute Gasteiger partial charge is 0.325 e. The molecule has 1 aromatic carbocycles. The molecule has 25 heavy (non-hydrogen) atoms. The van der Waals surface area contributed by atoms with E-state index in [0.717, 1.165) is 5.69 Å². The number of fused-ring (bicyclic) bond motifs is 1. The summed E-state index contributed by atoms with van der Waals surface area (Å²) < 4.78 is 30.1. The predicted octanol–water partition coefficient (Wildman–Crippen LogP) is 2.55. The predicted molar refractivity (Wildman–Crippen MR) is 96.3 cm³/mol. The van der Waals surface area contributed by atoms with Gasteiger partial charge in [-0.3, -0.25) is 14.2 Å². The number of hydrogen-bond acceptors (Lipinski definition) is 4. The summed E-state index contributed by atoms with van der Waals surface area (Å²) in [5, 5.41) is 7.11. The summed E-state index contributed by atoms with van der Waals surface area (Å²) in [5.74, 6) is -0.138. The number of hydrogen-bond donors (Lipinski definition) is 2. The quantitative estimate of drug-likeness (QED) is 0.874. The number of aromatic nitrogens is 2. The second-order valence-corrected chi connectivity index (χ2v) is 8.44. The molecule has 1 aliphatic heterocycles. The number of nitrogens with one attached hydrogen (secondary N) is 2. The van der Waals surface area contributed by atoms with Gasteiger partial charge < -0.3 is 5.32 Å². The molecule has 3 rings (SSSR count). The molecule has 8 heteroatoms. The molecule has 2 heterocycles. The van der Waals surface area contributed by atoms with Crippen LogP contribution in [0.3, 0.4) is 0 Å². The van der Waals surface area contributed by atoms with E-state index in [-0.39, 0.29) is 10.8 Å². The van der Waals surface area contributed by atoms with Crippen molar-refractivity contribution in [2.45, 2.75) is 51.5 Å². The summed E-state index contributed by atoms with van der Waals surface area (Å²) in [5.41, 5.74) is 2.46. The van der Waals surface area contributed by atoms with Gasteiger partial charge in [-0.1, -0.05) is 0 Å². The van der Waals surface area contributed by atoms with E-state index in [9.17, 15) is 13.2 Å². The zero-order chi connectivity index (χ0) is 18.6. The molecule has 2 N–H and O–H groups in total. The number of nitrogens with zero attached hydrogens (tertiary/aromatic N) is 2. The Bertz CT molecular complexity index is 974. The van der Waals surface area contributed by atoms with E-state index in [2.05, 4.69) is 15.1 Å².